The first-order chi connectivity index (χ1) is 8.49. The lowest BCUT2D eigenvalue weighted by molar-refractivity contribution is -0.138. The molecule has 0 aliphatic heterocycles. The quantitative estimate of drug-likeness (QED) is 0.918. The van der Waals surface area contributed by atoms with Gasteiger partial charge in [-0.15, -0.1) is 11.3 Å². The van der Waals surface area contributed by atoms with Crippen LogP contribution >= 0.6 is 11.3 Å². The van der Waals surface area contributed by atoms with Crippen molar-refractivity contribution in [3.8, 4) is 10.6 Å². The third-order valence-electron chi connectivity index (χ3n) is 2.95. The Kier molecular flexibility index (Phi) is 3.48. The number of hydrogen-bond donors (Lipinski definition) is 1. The number of carboxylic acids is 1. The average Bonchev–Trinajstić information content (AvgIpc) is 2.77. The first kappa shape index (κ1) is 12.8. The van der Waals surface area contributed by atoms with Crippen LogP contribution in [0.4, 0.5) is 0 Å². The summed E-state index contributed by atoms with van der Waals surface area (Å²) in [5.74, 6) is -1.40. The van der Waals surface area contributed by atoms with Gasteiger partial charge in [0.15, 0.2) is 0 Å². The molecule has 2 aromatic rings. The Balaban J connectivity index is 2.38. The molecule has 2 rings (SSSR count). The second-order valence-corrected chi connectivity index (χ2v) is 5.31. The molecule has 4 heteroatoms. The molecule has 1 aromatic carbocycles. The Morgan fingerprint density at radius 1 is 1.39 bits per heavy atom. The normalized spacial score (nSPS) is 12.4. The number of benzene rings is 1. The summed E-state index contributed by atoms with van der Waals surface area (Å²) in [6.45, 7) is 5.75. The Bertz CT molecular complexity index is 589. The molecule has 0 aliphatic carbocycles. The second-order valence-electron chi connectivity index (χ2n) is 4.46. The van der Waals surface area contributed by atoms with Crippen molar-refractivity contribution < 1.29 is 9.90 Å². The van der Waals surface area contributed by atoms with E-state index >= 15 is 0 Å². The first-order valence-corrected chi connectivity index (χ1v) is 6.63. The van der Waals surface area contributed by atoms with E-state index in [0.717, 1.165) is 10.6 Å². The van der Waals surface area contributed by atoms with E-state index in [-0.39, 0.29) is 0 Å². The standard InChI is InChI=1S/C14H15NO2S/c1-8-4-5-11(9(2)6-8)13-15-12(7-18-13)10(3)14(16)17/h4-7,10H,1-3H3,(H,16,17). The van der Waals surface area contributed by atoms with E-state index in [1.54, 1.807) is 6.92 Å². The van der Waals surface area contributed by atoms with E-state index in [4.69, 9.17) is 5.11 Å². The summed E-state index contributed by atoms with van der Waals surface area (Å²) < 4.78 is 0. The molecule has 94 valence electrons. The maximum absolute atomic E-state index is 10.9. The van der Waals surface area contributed by atoms with E-state index in [0.29, 0.717) is 5.69 Å². The molecule has 18 heavy (non-hydrogen) atoms. The summed E-state index contributed by atoms with van der Waals surface area (Å²) in [4.78, 5) is 15.4. The van der Waals surface area contributed by atoms with Crippen LogP contribution < -0.4 is 0 Å². The fraction of sp³-hybridized carbons (Fsp3) is 0.286. The number of aromatic nitrogens is 1. The molecule has 0 saturated carbocycles. The summed E-state index contributed by atoms with van der Waals surface area (Å²) in [6.07, 6.45) is 0. The summed E-state index contributed by atoms with van der Waals surface area (Å²) in [5, 5.41) is 11.7. The highest BCUT2D eigenvalue weighted by atomic mass is 32.1. The van der Waals surface area contributed by atoms with Crippen molar-refractivity contribution in [2.75, 3.05) is 0 Å². The van der Waals surface area contributed by atoms with Crippen molar-refractivity contribution in [3.63, 3.8) is 0 Å². The molecule has 0 aliphatic rings. The van der Waals surface area contributed by atoms with E-state index in [1.165, 1.54) is 22.5 Å². The molecule has 1 atom stereocenters. The third kappa shape index (κ3) is 2.43. The monoisotopic (exact) mass is 261 g/mol. The van der Waals surface area contributed by atoms with Crippen LogP contribution in [0.1, 0.15) is 29.7 Å². The van der Waals surface area contributed by atoms with Gasteiger partial charge in [0.2, 0.25) is 0 Å². The fourth-order valence-electron chi connectivity index (χ4n) is 1.79. The van der Waals surface area contributed by atoms with E-state index < -0.39 is 11.9 Å². The summed E-state index contributed by atoms with van der Waals surface area (Å²) in [5.41, 5.74) is 4.09. The van der Waals surface area contributed by atoms with Gasteiger partial charge < -0.3 is 5.11 Å². The van der Waals surface area contributed by atoms with Gasteiger partial charge in [0, 0.05) is 10.9 Å². The highest BCUT2D eigenvalue weighted by molar-refractivity contribution is 7.13. The van der Waals surface area contributed by atoms with E-state index in [2.05, 4.69) is 18.0 Å². The lowest BCUT2D eigenvalue weighted by atomic mass is 10.1. The molecule has 1 unspecified atom stereocenters. The minimum absolute atomic E-state index is 0.555. The summed E-state index contributed by atoms with van der Waals surface area (Å²) in [7, 11) is 0. The number of carboxylic acid groups (broad SMARTS) is 1. The summed E-state index contributed by atoms with van der Waals surface area (Å²) in [6, 6.07) is 6.19. The van der Waals surface area contributed by atoms with Crippen LogP contribution in [0.3, 0.4) is 0 Å². The van der Waals surface area contributed by atoms with Gasteiger partial charge in [-0.2, -0.15) is 0 Å². The van der Waals surface area contributed by atoms with Crippen LogP contribution in [0, 0.1) is 13.8 Å². The molecule has 3 nitrogen and oxygen atoms in total. The Morgan fingerprint density at radius 3 is 2.72 bits per heavy atom. The van der Waals surface area contributed by atoms with Crippen molar-refractivity contribution in [1.29, 1.82) is 0 Å². The highest BCUT2D eigenvalue weighted by Crippen LogP contribution is 2.29. The molecule has 0 amide bonds. The van der Waals surface area contributed by atoms with Crippen molar-refractivity contribution in [3.05, 3.63) is 40.4 Å². The molecule has 0 saturated heterocycles. The second kappa shape index (κ2) is 4.90. The van der Waals surface area contributed by atoms with Crippen molar-refractivity contribution >= 4 is 17.3 Å². The predicted octanol–water partition coefficient (Wildman–Crippen LogP) is 3.62. The SMILES string of the molecule is Cc1ccc(-c2nc(C(C)C(=O)O)cs2)c(C)c1. The number of rotatable bonds is 3. The van der Waals surface area contributed by atoms with Gasteiger partial charge in [-0.25, -0.2) is 4.98 Å². The zero-order valence-electron chi connectivity index (χ0n) is 10.6. The number of carbonyl (C=O) groups is 1. The minimum atomic E-state index is -0.840. The highest BCUT2D eigenvalue weighted by Gasteiger charge is 2.17. The molecule has 0 spiro atoms. The smallest absolute Gasteiger partial charge is 0.312 e. The number of aliphatic carboxylic acids is 1. The Morgan fingerprint density at radius 2 is 2.11 bits per heavy atom. The Hall–Kier alpha value is -1.68. The van der Waals surface area contributed by atoms with Gasteiger partial charge in [-0.1, -0.05) is 23.8 Å². The minimum Gasteiger partial charge on any atom is -0.481 e. The van der Waals surface area contributed by atoms with Crippen molar-refractivity contribution in [1.82, 2.24) is 4.98 Å². The average molecular weight is 261 g/mol. The van der Waals surface area contributed by atoms with Crippen LogP contribution in [0.25, 0.3) is 10.6 Å². The Labute approximate surface area is 110 Å². The molecule has 1 heterocycles. The van der Waals surface area contributed by atoms with Gasteiger partial charge in [0.05, 0.1) is 11.6 Å². The van der Waals surface area contributed by atoms with Crippen LogP contribution in [0.2, 0.25) is 0 Å². The van der Waals surface area contributed by atoms with E-state index in [9.17, 15) is 4.79 Å². The van der Waals surface area contributed by atoms with Crippen LogP contribution in [-0.2, 0) is 4.79 Å². The summed E-state index contributed by atoms with van der Waals surface area (Å²) >= 11 is 1.49. The zero-order chi connectivity index (χ0) is 13.3. The maximum atomic E-state index is 10.9. The molecule has 1 N–H and O–H groups in total. The molecule has 0 fully saturated rings. The predicted molar refractivity (Wildman–Crippen MR) is 73.1 cm³/mol. The first-order valence-electron chi connectivity index (χ1n) is 5.75. The molecule has 0 radical (unpaired) electrons. The van der Waals surface area contributed by atoms with Crippen LogP contribution in [-0.4, -0.2) is 16.1 Å². The van der Waals surface area contributed by atoms with Gasteiger partial charge in [0.1, 0.15) is 5.01 Å². The maximum Gasteiger partial charge on any atom is 0.312 e. The molecular weight excluding hydrogens is 246 g/mol. The lowest BCUT2D eigenvalue weighted by Gasteiger charge is -2.04. The molecular formula is C14H15NO2S. The number of thiazole rings is 1. The largest absolute Gasteiger partial charge is 0.481 e. The van der Waals surface area contributed by atoms with Crippen LogP contribution in [0.5, 0.6) is 0 Å². The van der Waals surface area contributed by atoms with Gasteiger partial charge in [-0.05, 0) is 26.3 Å². The van der Waals surface area contributed by atoms with E-state index in [1.807, 2.05) is 24.4 Å². The van der Waals surface area contributed by atoms with Crippen molar-refractivity contribution in [2.24, 2.45) is 0 Å². The van der Waals surface area contributed by atoms with Gasteiger partial charge in [-0.3, -0.25) is 4.79 Å². The lowest BCUT2D eigenvalue weighted by Crippen LogP contribution is -2.07. The number of nitrogens with zero attached hydrogens (tertiary/aromatic N) is 1. The topological polar surface area (TPSA) is 50.2 Å². The number of aryl methyl sites for hydroxylation is 2. The third-order valence-corrected chi connectivity index (χ3v) is 3.84. The van der Waals surface area contributed by atoms with Gasteiger partial charge in [0.25, 0.3) is 0 Å². The van der Waals surface area contributed by atoms with Gasteiger partial charge >= 0.3 is 5.97 Å². The van der Waals surface area contributed by atoms with Crippen LogP contribution in [0.15, 0.2) is 23.6 Å². The zero-order valence-corrected chi connectivity index (χ0v) is 11.4. The number of hydrogen-bond acceptors (Lipinski definition) is 3. The molecule has 1 aromatic heterocycles. The fourth-order valence-corrected chi connectivity index (χ4v) is 2.79. The van der Waals surface area contributed by atoms with Crippen molar-refractivity contribution in [2.45, 2.75) is 26.7 Å². The molecule has 0 bridgehead atoms.